The number of benzene rings is 1. The minimum atomic E-state index is -0.643. The maximum absolute atomic E-state index is 15.1. The minimum absolute atomic E-state index is 0. The summed E-state index contributed by atoms with van der Waals surface area (Å²) in [7, 11) is 1.79. The van der Waals surface area contributed by atoms with Crippen molar-refractivity contribution >= 4 is 34.9 Å². The average molecular weight is 696 g/mol. The molecule has 11 heteroatoms. The van der Waals surface area contributed by atoms with E-state index in [2.05, 4.69) is 40.4 Å². The molecule has 8 nitrogen and oxygen atoms in total. The van der Waals surface area contributed by atoms with Gasteiger partial charge in [-0.2, -0.15) is 5.10 Å². The lowest BCUT2D eigenvalue weighted by Crippen LogP contribution is -2.43. The van der Waals surface area contributed by atoms with Crippen molar-refractivity contribution in [3.63, 3.8) is 0 Å². The van der Waals surface area contributed by atoms with Crippen LogP contribution in [0.4, 0.5) is 10.2 Å². The smallest absolute Gasteiger partial charge is 0.261 e. The van der Waals surface area contributed by atoms with Crippen molar-refractivity contribution in [3.05, 3.63) is 101 Å². The van der Waals surface area contributed by atoms with Crippen molar-refractivity contribution in [2.24, 2.45) is 7.05 Å². The van der Waals surface area contributed by atoms with Gasteiger partial charge in [-0.3, -0.25) is 9.48 Å². The molecule has 2 aliphatic heterocycles. The predicted octanol–water partition coefficient (Wildman–Crippen LogP) is 9.09. The fourth-order valence-electron chi connectivity index (χ4n) is 4.20. The van der Waals surface area contributed by atoms with Gasteiger partial charge in [-0.25, -0.2) is 4.39 Å². The zero-order chi connectivity index (χ0) is 35.1. The lowest BCUT2D eigenvalue weighted by Gasteiger charge is -2.27. The zero-order valence-electron chi connectivity index (χ0n) is 28.6. The number of ether oxygens (including phenoxy) is 1. The Hall–Kier alpha value is -3.37. The van der Waals surface area contributed by atoms with Crippen molar-refractivity contribution in [1.29, 1.82) is 0 Å². The number of piperazine rings is 1. The van der Waals surface area contributed by atoms with Gasteiger partial charge in [0.1, 0.15) is 17.4 Å². The normalized spacial score (nSPS) is 15.0. The Morgan fingerprint density at radius 2 is 1.79 bits per heavy atom. The molecule has 1 aromatic carbocycles. The number of aromatic nitrogens is 2. The summed E-state index contributed by atoms with van der Waals surface area (Å²) in [5.74, 6) is -0.0227. The van der Waals surface area contributed by atoms with E-state index in [1.807, 2.05) is 47.6 Å². The van der Waals surface area contributed by atoms with Crippen LogP contribution in [0.3, 0.4) is 0 Å². The molecule has 0 aliphatic carbocycles. The number of nitrogens with zero attached hydrogens (tertiary/aromatic N) is 4. The summed E-state index contributed by atoms with van der Waals surface area (Å²) in [6, 6.07) is 4.35. The van der Waals surface area contributed by atoms with Crippen molar-refractivity contribution in [3.8, 4) is 5.75 Å². The molecule has 4 rings (SSSR count). The Morgan fingerprint density at radius 1 is 1.17 bits per heavy atom. The molecule has 0 bridgehead atoms. The van der Waals surface area contributed by atoms with E-state index in [4.69, 9.17) is 27.9 Å². The first-order valence-electron chi connectivity index (χ1n) is 15.6. The number of allylic oxidation sites excluding steroid dienone is 4. The Balaban J connectivity index is 0. The second kappa shape index (κ2) is 26.7. The molecule has 0 saturated carbocycles. The fourth-order valence-corrected chi connectivity index (χ4v) is 4.27. The highest BCUT2D eigenvalue weighted by atomic mass is 35.5. The van der Waals surface area contributed by atoms with Crippen LogP contribution in [0.15, 0.2) is 84.3 Å². The third-order valence-corrected chi connectivity index (χ3v) is 6.81. The Labute approximate surface area is 293 Å². The summed E-state index contributed by atoms with van der Waals surface area (Å²) in [6.45, 7) is 27.5. The van der Waals surface area contributed by atoms with Crippen LogP contribution in [0.25, 0.3) is 0 Å². The highest BCUT2D eigenvalue weighted by Gasteiger charge is 2.29. The third kappa shape index (κ3) is 15.4. The summed E-state index contributed by atoms with van der Waals surface area (Å²) >= 11 is 11.0. The highest BCUT2D eigenvalue weighted by molar-refractivity contribution is 6.29. The minimum Gasteiger partial charge on any atom is -0.493 e. The van der Waals surface area contributed by atoms with Crippen LogP contribution in [0.5, 0.6) is 5.75 Å². The van der Waals surface area contributed by atoms with Crippen LogP contribution in [0, 0.1) is 5.82 Å². The van der Waals surface area contributed by atoms with E-state index >= 15 is 4.39 Å². The maximum Gasteiger partial charge on any atom is 0.261 e. The molecular formula is C36H57Cl2FN6O2. The summed E-state index contributed by atoms with van der Waals surface area (Å²) < 4.78 is 22.5. The average Bonchev–Trinajstić information content (AvgIpc) is 3.35. The van der Waals surface area contributed by atoms with Crippen LogP contribution in [0.1, 0.15) is 71.3 Å². The van der Waals surface area contributed by atoms with Gasteiger partial charge in [0.15, 0.2) is 0 Å². The van der Waals surface area contributed by atoms with Crippen molar-refractivity contribution in [2.45, 2.75) is 61.9 Å². The number of nitrogens with one attached hydrogen (secondary N) is 2. The summed E-state index contributed by atoms with van der Waals surface area (Å²) in [5, 5.41) is 11.6. The van der Waals surface area contributed by atoms with Gasteiger partial charge >= 0.3 is 0 Å². The molecule has 0 spiro atoms. The van der Waals surface area contributed by atoms with Crippen LogP contribution in [-0.4, -0.2) is 64.8 Å². The number of hydrogen-bond donors (Lipinski definition) is 2. The molecule has 1 amide bonds. The quantitative estimate of drug-likeness (QED) is 0.223. The topological polar surface area (TPSA) is 74.7 Å². The molecular weight excluding hydrogens is 638 g/mol. The van der Waals surface area contributed by atoms with E-state index < -0.39 is 11.7 Å². The van der Waals surface area contributed by atoms with E-state index in [0.717, 1.165) is 55.6 Å². The summed E-state index contributed by atoms with van der Waals surface area (Å²) in [6.07, 6.45) is 7.62. The van der Waals surface area contributed by atoms with Crippen molar-refractivity contribution in [1.82, 2.24) is 24.9 Å². The molecule has 264 valence electrons. The van der Waals surface area contributed by atoms with E-state index in [9.17, 15) is 4.79 Å². The molecule has 3 heterocycles. The number of amides is 1. The van der Waals surface area contributed by atoms with Gasteiger partial charge in [0.2, 0.25) is 0 Å². The van der Waals surface area contributed by atoms with Gasteiger partial charge in [-0.1, -0.05) is 71.0 Å². The fraction of sp³-hybridized carbons (Fsp3) is 0.444. The van der Waals surface area contributed by atoms with Gasteiger partial charge in [0.25, 0.3) is 5.91 Å². The largest absolute Gasteiger partial charge is 0.493 e. The number of carbonyl (C=O) groups is 1. The molecule has 1 fully saturated rings. The zero-order valence-corrected chi connectivity index (χ0v) is 30.1. The molecule has 2 N–H and O–H groups in total. The van der Waals surface area contributed by atoms with Crippen LogP contribution in [-0.2, 0) is 13.6 Å². The summed E-state index contributed by atoms with van der Waals surface area (Å²) in [4.78, 5) is 17.3. The molecule has 1 saturated heterocycles. The lowest BCUT2D eigenvalue weighted by atomic mass is 10.1. The molecule has 2 aromatic rings. The van der Waals surface area contributed by atoms with Crippen LogP contribution >= 0.6 is 23.2 Å². The number of carbonyl (C=O) groups excluding carboxylic acids is 1. The second-order valence-electron chi connectivity index (χ2n) is 9.32. The van der Waals surface area contributed by atoms with E-state index in [0.29, 0.717) is 23.8 Å². The molecule has 0 radical (unpaired) electrons. The second-order valence-corrected chi connectivity index (χ2v) is 10.2. The molecule has 0 unspecified atom stereocenters. The van der Waals surface area contributed by atoms with E-state index in [1.165, 1.54) is 22.6 Å². The maximum atomic E-state index is 15.1. The number of anilines is 1. The van der Waals surface area contributed by atoms with E-state index in [1.54, 1.807) is 36.1 Å². The highest BCUT2D eigenvalue weighted by Crippen LogP contribution is 2.30. The van der Waals surface area contributed by atoms with Gasteiger partial charge in [-0.15, -0.1) is 13.2 Å². The monoisotopic (exact) mass is 694 g/mol. The Kier molecular flexibility index (Phi) is 26.0. The van der Waals surface area contributed by atoms with Gasteiger partial charge in [0.05, 0.1) is 36.3 Å². The summed E-state index contributed by atoms with van der Waals surface area (Å²) in [5.41, 5.74) is 3.01. The SMILES string of the molecule is C.C/C=C(\C)Cl.C=C.C=C1Nc2c(cnn2C)CN(C(=O)c2ccc(OCCCN3CCNCC3)cc2F)/C1=C/C=C/Cl.CC.CC. The molecule has 47 heavy (non-hydrogen) atoms. The van der Waals surface area contributed by atoms with Gasteiger partial charge in [0, 0.05) is 62.0 Å². The number of aryl methyl sites for hydroxylation is 1. The number of halogens is 3. The Morgan fingerprint density at radius 3 is 2.34 bits per heavy atom. The first-order valence-corrected chi connectivity index (χ1v) is 16.5. The first-order chi connectivity index (χ1) is 22.2. The van der Waals surface area contributed by atoms with Gasteiger partial charge < -0.3 is 25.2 Å². The van der Waals surface area contributed by atoms with Crippen LogP contribution < -0.4 is 15.4 Å². The number of fused-ring (bicyclic) bond motifs is 1. The number of hydrogen-bond acceptors (Lipinski definition) is 6. The van der Waals surface area contributed by atoms with Crippen molar-refractivity contribution < 1.29 is 13.9 Å². The molecule has 1 aromatic heterocycles. The number of rotatable bonds is 7. The van der Waals surface area contributed by atoms with E-state index in [-0.39, 0.29) is 19.5 Å². The first kappa shape index (κ1) is 45.8. The predicted molar refractivity (Wildman–Crippen MR) is 201 cm³/mol. The van der Waals surface area contributed by atoms with Crippen LogP contribution in [0.2, 0.25) is 0 Å². The lowest BCUT2D eigenvalue weighted by molar-refractivity contribution is 0.0796. The molecule has 2 aliphatic rings. The molecule has 0 atom stereocenters. The van der Waals surface area contributed by atoms with Crippen molar-refractivity contribution in [2.75, 3.05) is 44.6 Å². The Bertz CT molecular complexity index is 1280. The van der Waals surface area contributed by atoms with Gasteiger partial charge in [-0.05, 0) is 44.6 Å². The standard InChI is InChI=1S/C25H30ClFN6O2.C4H7Cl.2C2H6.C2H4.CH4/c1-18-23(5-3-8-26)33(17-19-16-29-31(2)24(19)30-18)25(34)21-7-6-20(15-22(21)27)35-14-4-11-32-12-9-28-10-13-32;1-3-4(2)5;3*1-2;/h3,5-8,15-16,28,30H,1,4,9-14,17H2,2H3;3H,1-2H3;2*1-2H3;1-2H2;1H4/b8-3+,23-5+;4-3+;;;;. The third-order valence-electron chi connectivity index (χ3n) is 6.45.